The van der Waals surface area contributed by atoms with Gasteiger partial charge in [0, 0.05) is 24.8 Å². The Labute approximate surface area is 166 Å². The summed E-state index contributed by atoms with van der Waals surface area (Å²) < 4.78 is 0. The normalized spacial score (nSPS) is 19.0. The zero-order valence-electron chi connectivity index (χ0n) is 16.8. The molecule has 1 unspecified atom stereocenters. The second-order valence-corrected chi connectivity index (χ2v) is 8.00. The fraction of sp³-hybridized carbons (Fsp3) is 0.391. The van der Waals surface area contributed by atoms with Crippen molar-refractivity contribution in [2.75, 3.05) is 23.8 Å². The Balaban J connectivity index is 1.63. The maximum Gasteiger partial charge on any atom is 0.257 e. The summed E-state index contributed by atoms with van der Waals surface area (Å²) in [5, 5.41) is 2.99. The average molecular weight is 377 g/mol. The number of nitrogens with zero attached hydrogens (tertiary/aromatic N) is 2. The number of carbonyl (C=O) groups is 2. The van der Waals surface area contributed by atoms with E-state index in [4.69, 9.17) is 0 Å². The van der Waals surface area contributed by atoms with Crippen LogP contribution in [0.25, 0.3) is 0 Å². The summed E-state index contributed by atoms with van der Waals surface area (Å²) in [4.78, 5) is 30.0. The number of hydrogen-bond donors (Lipinski definition) is 1. The molecule has 2 aromatic rings. The van der Waals surface area contributed by atoms with E-state index in [1.54, 1.807) is 12.1 Å². The van der Waals surface area contributed by atoms with E-state index in [2.05, 4.69) is 16.3 Å². The van der Waals surface area contributed by atoms with E-state index < -0.39 is 0 Å². The smallest absolute Gasteiger partial charge is 0.257 e. The zero-order valence-corrected chi connectivity index (χ0v) is 16.8. The van der Waals surface area contributed by atoms with Crippen LogP contribution in [0.5, 0.6) is 0 Å². The first-order valence-electron chi connectivity index (χ1n) is 10.0. The standard InChI is InChI=1S/C23H27N3O2/c1-15-11-16(2)13-18(12-15)24-22(27)17-8-9-19-20(14-17)25(3)21-7-5-4-6-10-26(21)23(19)28/h8-9,11-14,21H,4-7,10H2,1-3H3,(H,24,27). The zero-order chi connectivity index (χ0) is 19.8. The van der Waals surface area contributed by atoms with E-state index in [1.165, 1.54) is 0 Å². The summed E-state index contributed by atoms with van der Waals surface area (Å²) >= 11 is 0. The molecule has 2 aliphatic rings. The van der Waals surface area contributed by atoms with Gasteiger partial charge in [-0.15, -0.1) is 0 Å². The van der Waals surface area contributed by atoms with Gasteiger partial charge < -0.3 is 15.1 Å². The molecule has 2 amide bonds. The van der Waals surface area contributed by atoms with Gasteiger partial charge in [-0.05, 0) is 74.6 Å². The highest BCUT2D eigenvalue weighted by atomic mass is 16.2. The van der Waals surface area contributed by atoms with Crippen LogP contribution in [0.2, 0.25) is 0 Å². The number of benzene rings is 2. The molecule has 1 N–H and O–H groups in total. The first kappa shape index (κ1) is 18.5. The summed E-state index contributed by atoms with van der Waals surface area (Å²) in [5.41, 5.74) is 5.11. The number of anilines is 2. The minimum atomic E-state index is -0.156. The predicted octanol–water partition coefficient (Wildman–Crippen LogP) is 4.35. The van der Waals surface area contributed by atoms with Crippen LogP contribution in [0.3, 0.4) is 0 Å². The molecule has 0 bridgehead atoms. The molecule has 146 valence electrons. The Kier molecular flexibility index (Phi) is 4.84. The molecule has 28 heavy (non-hydrogen) atoms. The van der Waals surface area contributed by atoms with Crippen molar-refractivity contribution >= 4 is 23.2 Å². The molecule has 0 aromatic heterocycles. The molecule has 0 radical (unpaired) electrons. The van der Waals surface area contributed by atoms with Crippen LogP contribution >= 0.6 is 0 Å². The Hall–Kier alpha value is -2.82. The number of aryl methyl sites for hydroxylation is 2. The van der Waals surface area contributed by atoms with Crippen LogP contribution < -0.4 is 10.2 Å². The van der Waals surface area contributed by atoms with Crippen LogP contribution in [-0.4, -0.2) is 36.5 Å². The highest BCUT2D eigenvalue weighted by Gasteiger charge is 2.36. The Morgan fingerprint density at radius 1 is 1.04 bits per heavy atom. The Morgan fingerprint density at radius 3 is 2.54 bits per heavy atom. The van der Waals surface area contributed by atoms with E-state index >= 15 is 0 Å². The van der Waals surface area contributed by atoms with Crippen molar-refractivity contribution < 1.29 is 9.59 Å². The van der Waals surface area contributed by atoms with Crippen LogP contribution in [-0.2, 0) is 0 Å². The number of nitrogens with one attached hydrogen (secondary N) is 1. The molecule has 2 aliphatic heterocycles. The molecule has 0 spiro atoms. The second kappa shape index (κ2) is 7.30. The van der Waals surface area contributed by atoms with Gasteiger partial charge in [0.2, 0.25) is 0 Å². The molecule has 1 saturated heterocycles. The van der Waals surface area contributed by atoms with Crippen molar-refractivity contribution in [3.05, 3.63) is 58.7 Å². The van der Waals surface area contributed by atoms with Crippen LogP contribution in [0.4, 0.5) is 11.4 Å². The number of carbonyl (C=O) groups excluding carboxylic acids is 2. The van der Waals surface area contributed by atoms with Crippen molar-refractivity contribution in [3.8, 4) is 0 Å². The molecule has 0 aliphatic carbocycles. The fourth-order valence-corrected chi connectivity index (χ4v) is 4.44. The first-order chi connectivity index (χ1) is 13.4. The minimum absolute atomic E-state index is 0.0835. The summed E-state index contributed by atoms with van der Waals surface area (Å²) in [6.07, 6.45) is 4.40. The molecule has 0 saturated carbocycles. The SMILES string of the molecule is Cc1cc(C)cc(NC(=O)c2ccc3c(c2)N(C)C2CCCCCN2C3=O)c1. The fourth-order valence-electron chi connectivity index (χ4n) is 4.44. The predicted molar refractivity (Wildman–Crippen MR) is 112 cm³/mol. The lowest BCUT2D eigenvalue weighted by atomic mass is 10.0. The molecule has 1 atom stereocenters. The van der Waals surface area contributed by atoms with Gasteiger partial charge in [0.25, 0.3) is 11.8 Å². The average Bonchev–Trinajstić information content (AvgIpc) is 2.91. The van der Waals surface area contributed by atoms with Gasteiger partial charge in [0.1, 0.15) is 6.17 Å². The van der Waals surface area contributed by atoms with E-state index in [0.717, 1.165) is 54.7 Å². The lowest BCUT2D eigenvalue weighted by Gasteiger charge is -2.43. The number of amides is 2. The monoisotopic (exact) mass is 377 g/mol. The van der Waals surface area contributed by atoms with E-state index in [1.807, 2.05) is 44.0 Å². The van der Waals surface area contributed by atoms with E-state index in [9.17, 15) is 9.59 Å². The third kappa shape index (κ3) is 3.37. The number of hydrogen-bond acceptors (Lipinski definition) is 3. The largest absolute Gasteiger partial charge is 0.354 e. The topological polar surface area (TPSA) is 52.7 Å². The molecule has 4 rings (SSSR count). The van der Waals surface area contributed by atoms with Crippen molar-refractivity contribution in [2.45, 2.75) is 45.7 Å². The van der Waals surface area contributed by atoms with Crippen molar-refractivity contribution in [1.29, 1.82) is 0 Å². The maximum absolute atomic E-state index is 13.0. The molecule has 5 heteroatoms. The lowest BCUT2D eigenvalue weighted by molar-refractivity contribution is 0.0661. The van der Waals surface area contributed by atoms with Crippen LogP contribution in [0.15, 0.2) is 36.4 Å². The molecular formula is C23H27N3O2. The number of fused-ring (bicyclic) bond motifs is 2. The van der Waals surface area contributed by atoms with Crippen molar-refractivity contribution in [2.24, 2.45) is 0 Å². The van der Waals surface area contributed by atoms with Crippen LogP contribution in [0.1, 0.15) is 57.5 Å². The van der Waals surface area contributed by atoms with Gasteiger partial charge >= 0.3 is 0 Å². The van der Waals surface area contributed by atoms with Crippen molar-refractivity contribution in [3.63, 3.8) is 0 Å². The highest BCUT2D eigenvalue weighted by Crippen LogP contribution is 2.34. The van der Waals surface area contributed by atoms with E-state index in [-0.39, 0.29) is 18.0 Å². The first-order valence-corrected chi connectivity index (χ1v) is 10.0. The molecule has 2 heterocycles. The van der Waals surface area contributed by atoms with Gasteiger partial charge in [-0.25, -0.2) is 0 Å². The van der Waals surface area contributed by atoms with E-state index in [0.29, 0.717) is 11.1 Å². The van der Waals surface area contributed by atoms with Gasteiger partial charge in [0.15, 0.2) is 0 Å². The highest BCUT2D eigenvalue weighted by molar-refractivity contribution is 6.08. The molecule has 1 fully saturated rings. The van der Waals surface area contributed by atoms with Gasteiger partial charge in [-0.3, -0.25) is 9.59 Å². The molecular weight excluding hydrogens is 350 g/mol. The minimum Gasteiger partial charge on any atom is -0.354 e. The number of rotatable bonds is 2. The van der Waals surface area contributed by atoms with Crippen molar-refractivity contribution in [1.82, 2.24) is 4.90 Å². The quantitative estimate of drug-likeness (QED) is 0.847. The molecule has 2 aromatic carbocycles. The van der Waals surface area contributed by atoms with Crippen LogP contribution in [0, 0.1) is 13.8 Å². The summed E-state index contributed by atoms with van der Waals surface area (Å²) in [5.74, 6) is -0.0711. The summed E-state index contributed by atoms with van der Waals surface area (Å²) in [6.45, 7) is 4.84. The lowest BCUT2D eigenvalue weighted by Crippen LogP contribution is -2.53. The Morgan fingerprint density at radius 2 is 1.79 bits per heavy atom. The van der Waals surface area contributed by atoms with Gasteiger partial charge in [-0.2, -0.15) is 0 Å². The Bertz CT molecular complexity index is 917. The summed E-state index contributed by atoms with van der Waals surface area (Å²) in [7, 11) is 2.03. The summed E-state index contributed by atoms with van der Waals surface area (Å²) in [6, 6.07) is 11.4. The van der Waals surface area contributed by atoms with Gasteiger partial charge in [-0.1, -0.05) is 12.5 Å². The second-order valence-electron chi connectivity index (χ2n) is 8.00. The third-order valence-electron chi connectivity index (χ3n) is 5.78. The maximum atomic E-state index is 13.0. The van der Waals surface area contributed by atoms with Gasteiger partial charge in [0.05, 0.1) is 11.3 Å². The third-order valence-corrected chi connectivity index (χ3v) is 5.78. The molecule has 5 nitrogen and oxygen atoms in total.